The fourth-order valence-corrected chi connectivity index (χ4v) is 2.95. The molecule has 0 aliphatic rings. The van der Waals surface area contributed by atoms with Gasteiger partial charge in [0.1, 0.15) is 12.4 Å². The molecule has 0 amide bonds. The van der Waals surface area contributed by atoms with E-state index in [9.17, 15) is 0 Å². The summed E-state index contributed by atoms with van der Waals surface area (Å²) in [4.78, 5) is 8.95. The standard InChI is InChI=1S/C24H28N4O.HI/c1-2-25-24(27-17-15-21-12-8-9-16-26-21)28-18-19-29-23-14-7-6-13-22(23)20-10-4-3-5-11-20;/h3-14,16H,2,15,17-19H2,1H3,(H2,25,27,28);1H. The van der Waals surface area contributed by atoms with Crippen LogP contribution in [-0.4, -0.2) is 37.2 Å². The minimum absolute atomic E-state index is 0. The highest BCUT2D eigenvalue weighted by atomic mass is 127. The highest BCUT2D eigenvalue weighted by molar-refractivity contribution is 14.0. The van der Waals surface area contributed by atoms with Crippen LogP contribution in [0.2, 0.25) is 0 Å². The average Bonchev–Trinajstić information content (AvgIpc) is 2.78. The van der Waals surface area contributed by atoms with Crippen LogP contribution in [0.25, 0.3) is 11.1 Å². The fraction of sp³-hybridized carbons (Fsp3) is 0.250. The lowest BCUT2D eigenvalue weighted by Gasteiger charge is -2.14. The van der Waals surface area contributed by atoms with Crippen molar-refractivity contribution in [3.05, 3.63) is 84.7 Å². The molecule has 158 valence electrons. The van der Waals surface area contributed by atoms with E-state index in [1.54, 1.807) is 0 Å². The lowest BCUT2D eigenvalue weighted by atomic mass is 10.1. The van der Waals surface area contributed by atoms with Crippen LogP contribution in [0.1, 0.15) is 12.6 Å². The van der Waals surface area contributed by atoms with E-state index in [0.717, 1.165) is 41.5 Å². The van der Waals surface area contributed by atoms with E-state index >= 15 is 0 Å². The molecular weight excluding hydrogens is 487 g/mol. The van der Waals surface area contributed by atoms with E-state index in [1.807, 2.05) is 60.8 Å². The number of nitrogens with one attached hydrogen (secondary N) is 2. The summed E-state index contributed by atoms with van der Waals surface area (Å²) in [6.07, 6.45) is 2.63. The monoisotopic (exact) mass is 516 g/mol. The molecule has 0 aliphatic heterocycles. The topological polar surface area (TPSA) is 58.5 Å². The molecule has 0 unspecified atom stereocenters. The number of nitrogens with zero attached hydrogens (tertiary/aromatic N) is 2. The molecule has 3 rings (SSSR count). The van der Waals surface area contributed by atoms with Gasteiger partial charge in [-0.25, -0.2) is 0 Å². The van der Waals surface area contributed by atoms with Crippen molar-refractivity contribution in [2.24, 2.45) is 4.99 Å². The van der Waals surface area contributed by atoms with E-state index < -0.39 is 0 Å². The molecule has 6 heteroatoms. The highest BCUT2D eigenvalue weighted by Crippen LogP contribution is 2.29. The summed E-state index contributed by atoms with van der Waals surface area (Å²) in [5, 5.41) is 6.60. The first-order chi connectivity index (χ1) is 14.4. The van der Waals surface area contributed by atoms with Crippen LogP contribution in [0.3, 0.4) is 0 Å². The van der Waals surface area contributed by atoms with Crippen LogP contribution >= 0.6 is 24.0 Å². The maximum Gasteiger partial charge on any atom is 0.191 e. The maximum absolute atomic E-state index is 6.04. The lowest BCUT2D eigenvalue weighted by Crippen LogP contribution is -2.39. The summed E-state index contributed by atoms with van der Waals surface area (Å²) in [7, 11) is 0. The van der Waals surface area contributed by atoms with Gasteiger partial charge in [-0.3, -0.25) is 9.98 Å². The summed E-state index contributed by atoms with van der Waals surface area (Å²) in [6, 6.07) is 24.4. The predicted molar refractivity (Wildman–Crippen MR) is 135 cm³/mol. The van der Waals surface area contributed by atoms with Gasteiger partial charge in [-0.15, -0.1) is 24.0 Å². The van der Waals surface area contributed by atoms with E-state index in [2.05, 4.69) is 45.7 Å². The van der Waals surface area contributed by atoms with Gasteiger partial charge in [0.15, 0.2) is 5.96 Å². The van der Waals surface area contributed by atoms with Gasteiger partial charge in [-0.1, -0.05) is 54.6 Å². The Bertz CT molecular complexity index is 888. The molecule has 0 spiro atoms. The van der Waals surface area contributed by atoms with Crippen LogP contribution in [0.5, 0.6) is 5.75 Å². The molecule has 1 heterocycles. The first kappa shape index (κ1) is 23.7. The average molecular weight is 516 g/mol. The van der Waals surface area contributed by atoms with Gasteiger partial charge in [0, 0.05) is 37.0 Å². The smallest absolute Gasteiger partial charge is 0.191 e. The Hall–Kier alpha value is -2.61. The number of aliphatic imine (C=N–C) groups is 1. The maximum atomic E-state index is 6.04. The Kier molecular flexibility index (Phi) is 10.7. The van der Waals surface area contributed by atoms with Gasteiger partial charge < -0.3 is 15.4 Å². The number of para-hydroxylation sites is 1. The Morgan fingerprint density at radius 1 is 0.933 bits per heavy atom. The summed E-state index contributed by atoms with van der Waals surface area (Å²) in [5.74, 6) is 1.68. The molecule has 0 aliphatic carbocycles. The molecular formula is C24H29IN4O. The van der Waals surface area contributed by atoms with Gasteiger partial charge in [0.25, 0.3) is 0 Å². The van der Waals surface area contributed by atoms with Crippen LogP contribution in [0.4, 0.5) is 0 Å². The molecule has 2 aromatic carbocycles. The molecule has 30 heavy (non-hydrogen) atoms. The molecule has 5 nitrogen and oxygen atoms in total. The second kappa shape index (κ2) is 13.6. The number of guanidine groups is 1. The summed E-state index contributed by atoms with van der Waals surface area (Å²) < 4.78 is 6.04. The molecule has 3 aromatic rings. The number of benzene rings is 2. The fourth-order valence-electron chi connectivity index (χ4n) is 2.95. The third-order valence-corrected chi connectivity index (χ3v) is 4.33. The highest BCUT2D eigenvalue weighted by Gasteiger charge is 2.05. The van der Waals surface area contributed by atoms with Crippen molar-refractivity contribution < 1.29 is 4.74 Å². The molecule has 0 saturated carbocycles. The number of ether oxygens (including phenoxy) is 1. The van der Waals surface area contributed by atoms with Crippen LogP contribution in [0, 0.1) is 0 Å². The number of hydrogen-bond acceptors (Lipinski definition) is 3. The van der Waals surface area contributed by atoms with Gasteiger partial charge >= 0.3 is 0 Å². The number of halogens is 1. The summed E-state index contributed by atoms with van der Waals surface area (Å²) in [5.41, 5.74) is 3.30. The molecule has 1 aromatic heterocycles. The number of rotatable bonds is 9. The van der Waals surface area contributed by atoms with Gasteiger partial charge in [-0.2, -0.15) is 0 Å². The molecule has 2 N–H and O–H groups in total. The van der Waals surface area contributed by atoms with E-state index in [1.165, 1.54) is 0 Å². The third-order valence-electron chi connectivity index (χ3n) is 4.33. The van der Waals surface area contributed by atoms with Crippen molar-refractivity contribution in [2.45, 2.75) is 13.3 Å². The van der Waals surface area contributed by atoms with Crippen LogP contribution in [-0.2, 0) is 6.42 Å². The summed E-state index contributed by atoms with van der Waals surface area (Å²) in [6.45, 7) is 4.77. The lowest BCUT2D eigenvalue weighted by molar-refractivity contribution is 0.323. The zero-order valence-electron chi connectivity index (χ0n) is 17.3. The van der Waals surface area contributed by atoms with Crippen molar-refractivity contribution in [1.29, 1.82) is 0 Å². The molecule has 0 saturated heterocycles. The van der Waals surface area contributed by atoms with Crippen molar-refractivity contribution in [3.63, 3.8) is 0 Å². The van der Waals surface area contributed by atoms with Gasteiger partial charge in [-0.05, 0) is 30.7 Å². The Morgan fingerprint density at radius 3 is 2.47 bits per heavy atom. The van der Waals surface area contributed by atoms with Gasteiger partial charge in [0.2, 0.25) is 0 Å². The molecule has 0 bridgehead atoms. The first-order valence-electron chi connectivity index (χ1n) is 10.1. The quantitative estimate of drug-likeness (QED) is 0.190. The minimum Gasteiger partial charge on any atom is -0.491 e. The predicted octanol–water partition coefficient (Wildman–Crippen LogP) is 4.54. The SMILES string of the molecule is CCNC(=NCCc1ccccn1)NCCOc1ccccc1-c1ccccc1.I. The van der Waals surface area contributed by atoms with Crippen molar-refractivity contribution in [1.82, 2.24) is 15.6 Å². The van der Waals surface area contributed by atoms with Crippen molar-refractivity contribution in [3.8, 4) is 16.9 Å². The molecule has 0 radical (unpaired) electrons. The molecule has 0 atom stereocenters. The first-order valence-corrected chi connectivity index (χ1v) is 10.1. The van der Waals surface area contributed by atoms with Crippen LogP contribution in [0.15, 0.2) is 84.0 Å². The Labute approximate surface area is 196 Å². The second-order valence-corrected chi connectivity index (χ2v) is 6.47. The van der Waals surface area contributed by atoms with Crippen molar-refractivity contribution in [2.75, 3.05) is 26.2 Å². The zero-order chi connectivity index (χ0) is 20.2. The second-order valence-electron chi connectivity index (χ2n) is 6.47. The molecule has 0 fully saturated rings. The third kappa shape index (κ3) is 7.67. The minimum atomic E-state index is 0. The van der Waals surface area contributed by atoms with Gasteiger partial charge in [0.05, 0.1) is 6.54 Å². The Morgan fingerprint density at radius 2 is 1.70 bits per heavy atom. The van der Waals surface area contributed by atoms with E-state index in [0.29, 0.717) is 19.7 Å². The van der Waals surface area contributed by atoms with E-state index in [-0.39, 0.29) is 24.0 Å². The normalized spacial score (nSPS) is 10.8. The Balaban J connectivity index is 0.00000320. The van der Waals surface area contributed by atoms with E-state index in [4.69, 9.17) is 4.74 Å². The largest absolute Gasteiger partial charge is 0.491 e. The number of aromatic nitrogens is 1. The zero-order valence-corrected chi connectivity index (χ0v) is 19.6. The number of pyridine rings is 1. The summed E-state index contributed by atoms with van der Waals surface area (Å²) >= 11 is 0. The number of hydrogen-bond donors (Lipinski definition) is 2. The van der Waals surface area contributed by atoms with Crippen LogP contribution < -0.4 is 15.4 Å². The van der Waals surface area contributed by atoms with Crippen molar-refractivity contribution >= 4 is 29.9 Å².